The van der Waals surface area contributed by atoms with Gasteiger partial charge in [0.1, 0.15) is 11.6 Å². The molecule has 1 aliphatic rings. The van der Waals surface area contributed by atoms with Gasteiger partial charge in [-0.15, -0.1) is 0 Å². The summed E-state index contributed by atoms with van der Waals surface area (Å²) in [6, 6.07) is 2.73. The highest BCUT2D eigenvalue weighted by Gasteiger charge is 2.21. The highest BCUT2D eigenvalue weighted by atomic mass is 79.9. The summed E-state index contributed by atoms with van der Waals surface area (Å²) in [5.41, 5.74) is 5.82. The van der Waals surface area contributed by atoms with Crippen LogP contribution in [0.25, 0.3) is 0 Å². The second-order valence-electron chi connectivity index (χ2n) is 4.68. The number of hydrogen-bond acceptors (Lipinski definition) is 2. The van der Waals surface area contributed by atoms with Crippen LogP contribution in [-0.2, 0) is 11.3 Å². The van der Waals surface area contributed by atoms with E-state index >= 15 is 0 Å². The summed E-state index contributed by atoms with van der Waals surface area (Å²) in [5, 5.41) is 0. The van der Waals surface area contributed by atoms with Gasteiger partial charge in [0.25, 0.3) is 0 Å². The number of benzene rings is 1. The fraction of sp³-hybridized carbons (Fsp3) is 0.538. The fourth-order valence-corrected chi connectivity index (χ4v) is 2.61. The standard InChI is InChI=1S/C13H16BrF2NO/c14-11-4-5-12(15)10(13(11)16)7-18-9-3-1-2-8(17)6-9/h4-5,8-9H,1-3,6-7,17H2. The maximum atomic E-state index is 13.7. The van der Waals surface area contributed by atoms with E-state index in [1.165, 1.54) is 12.1 Å². The van der Waals surface area contributed by atoms with Crippen LogP contribution in [0.4, 0.5) is 8.78 Å². The van der Waals surface area contributed by atoms with E-state index in [0.717, 1.165) is 25.7 Å². The van der Waals surface area contributed by atoms with Crippen molar-refractivity contribution >= 4 is 15.9 Å². The first kappa shape index (κ1) is 13.9. The van der Waals surface area contributed by atoms with Crippen molar-refractivity contribution in [2.45, 2.75) is 44.4 Å². The van der Waals surface area contributed by atoms with Crippen LogP contribution >= 0.6 is 15.9 Å². The molecule has 0 amide bonds. The molecule has 5 heteroatoms. The average Bonchev–Trinajstić information content (AvgIpc) is 2.34. The Morgan fingerprint density at radius 2 is 2.11 bits per heavy atom. The number of nitrogens with two attached hydrogens (primary N) is 1. The molecule has 0 bridgehead atoms. The van der Waals surface area contributed by atoms with E-state index in [1.807, 2.05) is 0 Å². The molecule has 1 fully saturated rings. The normalized spacial score (nSPS) is 24.2. The Bertz CT molecular complexity index is 428. The summed E-state index contributed by atoms with van der Waals surface area (Å²) < 4.78 is 33.0. The summed E-state index contributed by atoms with van der Waals surface area (Å²) in [5.74, 6) is -1.16. The largest absolute Gasteiger partial charge is 0.373 e. The molecule has 2 unspecified atom stereocenters. The van der Waals surface area contributed by atoms with E-state index in [-0.39, 0.29) is 28.8 Å². The zero-order chi connectivity index (χ0) is 13.1. The smallest absolute Gasteiger partial charge is 0.145 e. The van der Waals surface area contributed by atoms with E-state index in [1.54, 1.807) is 0 Å². The molecule has 100 valence electrons. The summed E-state index contributed by atoms with van der Waals surface area (Å²) in [6.07, 6.45) is 3.68. The van der Waals surface area contributed by atoms with Gasteiger partial charge in [-0.05, 0) is 53.7 Å². The van der Waals surface area contributed by atoms with Gasteiger partial charge in [-0.3, -0.25) is 0 Å². The van der Waals surface area contributed by atoms with Gasteiger partial charge >= 0.3 is 0 Å². The molecule has 0 heterocycles. The Labute approximate surface area is 114 Å². The lowest BCUT2D eigenvalue weighted by Gasteiger charge is -2.26. The van der Waals surface area contributed by atoms with Crippen LogP contribution in [-0.4, -0.2) is 12.1 Å². The SMILES string of the molecule is NC1CCCC(OCc2c(F)ccc(Br)c2F)C1. The maximum Gasteiger partial charge on any atom is 0.145 e. The zero-order valence-electron chi connectivity index (χ0n) is 9.96. The Hall–Kier alpha value is -0.520. The van der Waals surface area contributed by atoms with Gasteiger partial charge in [0, 0.05) is 6.04 Å². The van der Waals surface area contributed by atoms with Gasteiger partial charge in [0.2, 0.25) is 0 Å². The number of rotatable bonds is 3. The molecular weight excluding hydrogens is 304 g/mol. The van der Waals surface area contributed by atoms with Crippen molar-refractivity contribution in [2.75, 3.05) is 0 Å². The summed E-state index contributed by atoms with van der Waals surface area (Å²) >= 11 is 3.04. The Kier molecular flexibility index (Phi) is 4.70. The second-order valence-corrected chi connectivity index (χ2v) is 5.54. The highest BCUT2D eigenvalue weighted by Crippen LogP contribution is 2.25. The Morgan fingerprint density at radius 3 is 2.83 bits per heavy atom. The third-order valence-electron chi connectivity index (χ3n) is 3.27. The van der Waals surface area contributed by atoms with Crippen molar-refractivity contribution in [3.63, 3.8) is 0 Å². The molecule has 0 spiro atoms. The first-order chi connectivity index (χ1) is 8.58. The van der Waals surface area contributed by atoms with E-state index in [4.69, 9.17) is 10.5 Å². The molecule has 0 aliphatic heterocycles. The minimum absolute atomic E-state index is 0.00605. The first-order valence-corrected chi connectivity index (χ1v) is 6.86. The third-order valence-corrected chi connectivity index (χ3v) is 3.88. The minimum Gasteiger partial charge on any atom is -0.373 e. The van der Waals surface area contributed by atoms with E-state index in [2.05, 4.69) is 15.9 Å². The molecule has 2 rings (SSSR count). The lowest BCUT2D eigenvalue weighted by Crippen LogP contribution is -2.32. The van der Waals surface area contributed by atoms with Crippen molar-refractivity contribution in [3.05, 3.63) is 33.8 Å². The van der Waals surface area contributed by atoms with Crippen molar-refractivity contribution in [2.24, 2.45) is 5.73 Å². The fourth-order valence-electron chi connectivity index (χ4n) is 2.24. The van der Waals surface area contributed by atoms with Crippen molar-refractivity contribution < 1.29 is 13.5 Å². The summed E-state index contributed by atoms with van der Waals surface area (Å²) in [7, 11) is 0. The van der Waals surface area contributed by atoms with E-state index < -0.39 is 11.6 Å². The van der Waals surface area contributed by atoms with Crippen LogP contribution in [0.5, 0.6) is 0 Å². The predicted octanol–water partition coefficient (Wildman–Crippen LogP) is 3.51. The van der Waals surface area contributed by atoms with Gasteiger partial charge in [-0.25, -0.2) is 8.78 Å². The zero-order valence-corrected chi connectivity index (χ0v) is 11.6. The van der Waals surface area contributed by atoms with Gasteiger partial charge in [0.15, 0.2) is 0 Å². The predicted molar refractivity (Wildman–Crippen MR) is 69.1 cm³/mol. The second kappa shape index (κ2) is 6.08. The summed E-state index contributed by atoms with van der Waals surface area (Å²) in [6.45, 7) is -0.0471. The van der Waals surface area contributed by atoms with Gasteiger partial charge < -0.3 is 10.5 Å². The Balaban J connectivity index is 1.99. The molecule has 1 aromatic rings. The van der Waals surface area contributed by atoms with E-state index in [9.17, 15) is 8.78 Å². The molecule has 0 saturated heterocycles. The lowest BCUT2D eigenvalue weighted by atomic mass is 9.93. The molecular formula is C13H16BrF2NO. The summed E-state index contributed by atoms with van der Waals surface area (Å²) in [4.78, 5) is 0. The van der Waals surface area contributed by atoms with E-state index in [0.29, 0.717) is 0 Å². The molecule has 2 N–H and O–H groups in total. The van der Waals surface area contributed by atoms with Crippen LogP contribution < -0.4 is 5.73 Å². The van der Waals surface area contributed by atoms with Crippen molar-refractivity contribution in [1.82, 2.24) is 0 Å². The van der Waals surface area contributed by atoms with Crippen LogP contribution in [0, 0.1) is 11.6 Å². The number of ether oxygens (including phenoxy) is 1. The highest BCUT2D eigenvalue weighted by molar-refractivity contribution is 9.10. The maximum absolute atomic E-state index is 13.7. The quantitative estimate of drug-likeness (QED) is 0.865. The Morgan fingerprint density at radius 1 is 1.33 bits per heavy atom. The van der Waals surface area contributed by atoms with Crippen molar-refractivity contribution in [1.29, 1.82) is 0 Å². The van der Waals surface area contributed by atoms with Crippen LogP contribution in [0.1, 0.15) is 31.2 Å². The molecule has 1 aromatic carbocycles. The molecule has 2 atom stereocenters. The lowest BCUT2D eigenvalue weighted by molar-refractivity contribution is 0.00968. The van der Waals surface area contributed by atoms with Crippen LogP contribution in [0.2, 0.25) is 0 Å². The van der Waals surface area contributed by atoms with Crippen molar-refractivity contribution in [3.8, 4) is 0 Å². The molecule has 1 aliphatic carbocycles. The minimum atomic E-state index is -0.588. The average molecular weight is 320 g/mol. The first-order valence-electron chi connectivity index (χ1n) is 6.07. The molecule has 0 radical (unpaired) electrons. The number of hydrogen-bond donors (Lipinski definition) is 1. The van der Waals surface area contributed by atoms with Crippen LogP contribution in [0.15, 0.2) is 16.6 Å². The third kappa shape index (κ3) is 3.28. The molecule has 18 heavy (non-hydrogen) atoms. The molecule has 1 saturated carbocycles. The van der Waals surface area contributed by atoms with Gasteiger partial charge in [-0.1, -0.05) is 0 Å². The van der Waals surface area contributed by atoms with Gasteiger partial charge in [-0.2, -0.15) is 0 Å². The monoisotopic (exact) mass is 319 g/mol. The number of halogens is 3. The topological polar surface area (TPSA) is 35.2 Å². The van der Waals surface area contributed by atoms with Crippen LogP contribution in [0.3, 0.4) is 0 Å². The molecule has 0 aromatic heterocycles. The molecule has 2 nitrogen and oxygen atoms in total. The van der Waals surface area contributed by atoms with Gasteiger partial charge in [0.05, 0.1) is 22.7 Å².